The SMILES string of the molecule is C#CCN1CCN(C(=O)c2cc(Br)ccc2Br)CC1. The Hall–Kier alpha value is -0.830. The molecule has 19 heavy (non-hydrogen) atoms. The average Bonchev–Trinajstić information content (AvgIpc) is 2.42. The maximum atomic E-state index is 12.5. The van der Waals surface area contributed by atoms with E-state index in [2.05, 4.69) is 42.7 Å². The summed E-state index contributed by atoms with van der Waals surface area (Å²) < 4.78 is 1.73. The van der Waals surface area contributed by atoms with Gasteiger partial charge in [0.15, 0.2) is 0 Å². The molecule has 0 atom stereocenters. The van der Waals surface area contributed by atoms with Crippen molar-refractivity contribution in [3.63, 3.8) is 0 Å². The minimum Gasteiger partial charge on any atom is -0.336 e. The topological polar surface area (TPSA) is 23.6 Å². The summed E-state index contributed by atoms with van der Waals surface area (Å²) in [7, 11) is 0. The van der Waals surface area contributed by atoms with Crippen LogP contribution < -0.4 is 0 Å². The minimum atomic E-state index is 0.0635. The first-order valence-electron chi connectivity index (χ1n) is 6.02. The Labute approximate surface area is 130 Å². The van der Waals surface area contributed by atoms with Gasteiger partial charge in [0.25, 0.3) is 5.91 Å². The zero-order valence-corrected chi connectivity index (χ0v) is 13.6. The van der Waals surface area contributed by atoms with E-state index in [1.165, 1.54) is 0 Å². The van der Waals surface area contributed by atoms with Crippen LogP contribution in [0.25, 0.3) is 0 Å². The molecule has 3 nitrogen and oxygen atoms in total. The van der Waals surface area contributed by atoms with E-state index in [-0.39, 0.29) is 5.91 Å². The summed E-state index contributed by atoms with van der Waals surface area (Å²) in [6.07, 6.45) is 5.30. The molecular weight excluding hydrogens is 372 g/mol. The third-order valence-electron chi connectivity index (χ3n) is 3.13. The van der Waals surface area contributed by atoms with Crippen LogP contribution in [-0.2, 0) is 0 Å². The molecule has 2 rings (SSSR count). The fourth-order valence-corrected chi connectivity index (χ4v) is 2.85. The number of carbonyl (C=O) groups is 1. The van der Waals surface area contributed by atoms with Gasteiger partial charge in [-0.2, -0.15) is 0 Å². The van der Waals surface area contributed by atoms with Crippen molar-refractivity contribution >= 4 is 37.8 Å². The van der Waals surface area contributed by atoms with E-state index in [9.17, 15) is 4.79 Å². The summed E-state index contributed by atoms with van der Waals surface area (Å²) in [5, 5.41) is 0. The molecule has 1 heterocycles. The standard InChI is InChI=1S/C14H14Br2N2O/c1-2-5-17-6-8-18(9-7-17)14(19)12-10-11(15)3-4-13(12)16/h1,3-4,10H,5-9H2. The Morgan fingerprint density at radius 2 is 1.95 bits per heavy atom. The number of carbonyl (C=O) groups excluding carboxylic acids is 1. The van der Waals surface area contributed by atoms with Crippen LogP contribution in [0, 0.1) is 12.3 Å². The summed E-state index contributed by atoms with van der Waals surface area (Å²) in [6, 6.07) is 5.64. The molecule has 1 aromatic carbocycles. The highest BCUT2D eigenvalue weighted by Gasteiger charge is 2.23. The van der Waals surface area contributed by atoms with E-state index < -0.39 is 0 Å². The van der Waals surface area contributed by atoms with Crippen LogP contribution in [0.15, 0.2) is 27.1 Å². The lowest BCUT2D eigenvalue weighted by Crippen LogP contribution is -2.48. The van der Waals surface area contributed by atoms with Gasteiger partial charge in [-0.25, -0.2) is 0 Å². The van der Waals surface area contributed by atoms with Gasteiger partial charge in [-0.15, -0.1) is 6.42 Å². The van der Waals surface area contributed by atoms with Crippen LogP contribution in [0.5, 0.6) is 0 Å². The second-order valence-corrected chi connectivity index (χ2v) is 6.17. The molecular formula is C14H14Br2N2O. The molecule has 5 heteroatoms. The van der Waals surface area contributed by atoms with Crippen molar-refractivity contribution in [3.8, 4) is 12.3 Å². The van der Waals surface area contributed by atoms with E-state index in [0.29, 0.717) is 12.1 Å². The van der Waals surface area contributed by atoms with Crippen molar-refractivity contribution in [2.24, 2.45) is 0 Å². The van der Waals surface area contributed by atoms with Gasteiger partial charge in [0.1, 0.15) is 0 Å². The Kier molecular flexibility index (Phi) is 5.03. The summed E-state index contributed by atoms with van der Waals surface area (Å²) in [4.78, 5) is 16.5. The van der Waals surface area contributed by atoms with E-state index in [0.717, 1.165) is 35.1 Å². The van der Waals surface area contributed by atoms with Gasteiger partial charge in [-0.3, -0.25) is 9.69 Å². The zero-order valence-electron chi connectivity index (χ0n) is 10.4. The molecule has 1 aromatic rings. The van der Waals surface area contributed by atoms with Crippen LogP contribution in [0.2, 0.25) is 0 Å². The Morgan fingerprint density at radius 1 is 1.26 bits per heavy atom. The second-order valence-electron chi connectivity index (χ2n) is 4.40. The number of hydrogen-bond donors (Lipinski definition) is 0. The lowest BCUT2D eigenvalue weighted by molar-refractivity contribution is 0.0651. The molecule has 0 saturated carbocycles. The first-order chi connectivity index (χ1) is 9.11. The molecule has 0 aliphatic carbocycles. The summed E-state index contributed by atoms with van der Waals surface area (Å²) in [6.45, 7) is 3.77. The van der Waals surface area contributed by atoms with Gasteiger partial charge in [-0.1, -0.05) is 21.9 Å². The van der Waals surface area contributed by atoms with E-state index in [1.807, 2.05) is 23.1 Å². The predicted octanol–water partition coefficient (Wildman–Crippen LogP) is 2.60. The molecule has 1 saturated heterocycles. The van der Waals surface area contributed by atoms with Crippen molar-refractivity contribution in [2.75, 3.05) is 32.7 Å². The molecule has 1 aliphatic heterocycles. The van der Waals surface area contributed by atoms with Crippen LogP contribution in [-0.4, -0.2) is 48.4 Å². The predicted molar refractivity (Wildman–Crippen MR) is 83.0 cm³/mol. The van der Waals surface area contributed by atoms with Crippen LogP contribution in [0.4, 0.5) is 0 Å². The Morgan fingerprint density at radius 3 is 2.58 bits per heavy atom. The normalized spacial score (nSPS) is 16.2. The summed E-state index contributed by atoms with van der Waals surface area (Å²) in [5.41, 5.74) is 0.694. The average molecular weight is 386 g/mol. The lowest BCUT2D eigenvalue weighted by Gasteiger charge is -2.33. The van der Waals surface area contributed by atoms with Crippen molar-refractivity contribution in [1.29, 1.82) is 0 Å². The van der Waals surface area contributed by atoms with Gasteiger partial charge in [0, 0.05) is 35.1 Å². The number of rotatable bonds is 2. The maximum absolute atomic E-state index is 12.5. The Balaban J connectivity index is 2.05. The molecule has 100 valence electrons. The highest BCUT2D eigenvalue weighted by atomic mass is 79.9. The van der Waals surface area contributed by atoms with Gasteiger partial charge in [-0.05, 0) is 34.1 Å². The number of nitrogens with zero attached hydrogens (tertiary/aromatic N) is 2. The molecule has 0 radical (unpaired) electrons. The van der Waals surface area contributed by atoms with Crippen LogP contribution >= 0.6 is 31.9 Å². The van der Waals surface area contributed by atoms with Crippen molar-refractivity contribution in [3.05, 3.63) is 32.7 Å². The quantitative estimate of drug-likeness (QED) is 0.730. The fourth-order valence-electron chi connectivity index (χ4n) is 2.07. The smallest absolute Gasteiger partial charge is 0.255 e. The first kappa shape index (κ1) is 14.6. The monoisotopic (exact) mass is 384 g/mol. The largest absolute Gasteiger partial charge is 0.336 e. The zero-order chi connectivity index (χ0) is 13.8. The van der Waals surface area contributed by atoms with Gasteiger partial charge in [0.2, 0.25) is 0 Å². The number of benzene rings is 1. The molecule has 0 N–H and O–H groups in total. The lowest BCUT2D eigenvalue weighted by atomic mass is 10.2. The molecule has 1 amide bonds. The molecule has 1 aliphatic rings. The van der Waals surface area contributed by atoms with Crippen molar-refractivity contribution in [1.82, 2.24) is 9.80 Å². The second kappa shape index (κ2) is 6.56. The van der Waals surface area contributed by atoms with Gasteiger partial charge >= 0.3 is 0 Å². The Bertz CT molecular complexity index is 517. The van der Waals surface area contributed by atoms with Crippen molar-refractivity contribution in [2.45, 2.75) is 0 Å². The number of terminal acetylenes is 1. The van der Waals surface area contributed by atoms with Gasteiger partial charge < -0.3 is 4.90 Å². The third kappa shape index (κ3) is 3.59. The molecule has 0 unspecified atom stereocenters. The highest BCUT2D eigenvalue weighted by Crippen LogP contribution is 2.23. The molecule has 0 spiro atoms. The van der Waals surface area contributed by atoms with E-state index in [4.69, 9.17) is 6.42 Å². The molecule has 0 aromatic heterocycles. The minimum absolute atomic E-state index is 0.0635. The number of amides is 1. The number of halogens is 2. The third-order valence-corrected chi connectivity index (χ3v) is 4.32. The maximum Gasteiger partial charge on any atom is 0.255 e. The van der Waals surface area contributed by atoms with E-state index in [1.54, 1.807) is 0 Å². The number of piperazine rings is 1. The van der Waals surface area contributed by atoms with Crippen LogP contribution in [0.1, 0.15) is 10.4 Å². The summed E-state index contributed by atoms with van der Waals surface area (Å²) in [5.74, 6) is 2.70. The van der Waals surface area contributed by atoms with Crippen LogP contribution in [0.3, 0.4) is 0 Å². The molecule has 0 bridgehead atoms. The fraction of sp³-hybridized carbons (Fsp3) is 0.357. The van der Waals surface area contributed by atoms with Crippen molar-refractivity contribution < 1.29 is 4.79 Å². The molecule has 1 fully saturated rings. The number of hydrogen-bond acceptors (Lipinski definition) is 2. The summed E-state index contributed by atoms with van der Waals surface area (Å²) >= 11 is 6.83. The highest BCUT2D eigenvalue weighted by molar-refractivity contribution is 9.11. The first-order valence-corrected chi connectivity index (χ1v) is 7.60. The van der Waals surface area contributed by atoms with E-state index >= 15 is 0 Å². The van der Waals surface area contributed by atoms with Gasteiger partial charge in [0.05, 0.1) is 12.1 Å².